The van der Waals surface area contributed by atoms with Crippen LogP contribution in [0.25, 0.3) is 0 Å². The van der Waals surface area contributed by atoms with Crippen LogP contribution in [0.3, 0.4) is 0 Å². The number of nitrogens with zero attached hydrogens (tertiary/aromatic N) is 3. The Balaban J connectivity index is 1.98. The second-order valence-electron chi connectivity index (χ2n) is 7.23. The third kappa shape index (κ3) is 3.81. The Hall–Kier alpha value is -0.900. The van der Waals surface area contributed by atoms with Crippen LogP contribution in [0.4, 0.5) is 0 Å². The second kappa shape index (κ2) is 6.25. The summed E-state index contributed by atoms with van der Waals surface area (Å²) >= 11 is 0. The topological polar surface area (TPSA) is 50.9 Å². The van der Waals surface area contributed by atoms with Crippen LogP contribution in [0.2, 0.25) is 0 Å². The van der Waals surface area contributed by atoms with Crippen LogP contribution in [-0.4, -0.2) is 25.5 Å². The highest BCUT2D eigenvalue weighted by Gasteiger charge is 2.35. The number of rotatable bonds is 5. The molecule has 1 aromatic rings. The highest BCUT2D eigenvalue weighted by molar-refractivity contribution is 4.97. The first-order chi connectivity index (χ1) is 9.39. The van der Waals surface area contributed by atoms with Gasteiger partial charge in [0.1, 0.15) is 12.2 Å². The van der Waals surface area contributed by atoms with Gasteiger partial charge in [0, 0.05) is 13.0 Å². The van der Waals surface area contributed by atoms with Gasteiger partial charge in [0.15, 0.2) is 0 Å². The first-order valence-corrected chi connectivity index (χ1v) is 7.99. The molecule has 1 fully saturated rings. The van der Waals surface area contributed by atoms with E-state index in [4.69, 9.17) is 0 Å². The van der Waals surface area contributed by atoms with Crippen LogP contribution in [0, 0.1) is 17.8 Å². The summed E-state index contributed by atoms with van der Waals surface area (Å²) in [6.07, 6.45) is 6.30. The Morgan fingerprint density at radius 3 is 2.50 bits per heavy atom. The molecule has 0 saturated heterocycles. The SMILES string of the molecule is CC(C)Cn1ncnc1CC1(O)CCC(C(C)C)CC1. The minimum absolute atomic E-state index is 0.543. The van der Waals surface area contributed by atoms with Crippen molar-refractivity contribution in [3.63, 3.8) is 0 Å². The zero-order valence-corrected chi connectivity index (χ0v) is 13.3. The first kappa shape index (κ1) is 15.5. The van der Waals surface area contributed by atoms with E-state index in [0.29, 0.717) is 12.3 Å². The summed E-state index contributed by atoms with van der Waals surface area (Å²) in [5.74, 6) is 2.97. The van der Waals surface area contributed by atoms with Gasteiger partial charge in [-0.1, -0.05) is 27.7 Å². The molecule has 0 spiro atoms. The number of hydrogen-bond acceptors (Lipinski definition) is 3. The average molecular weight is 279 g/mol. The van der Waals surface area contributed by atoms with Crippen LogP contribution in [-0.2, 0) is 13.0 Å². The molecule has 0 amide bonds. The molecule has 1 aliphatic carbocycles. The summed E-state index contributed by atoms with van der Waals surface area (Å²) in [4.78, 5) is 4.35. The van der Waals surface area contributed by atoms with Crippen LogP contribution >= 0.6 is 0 Å². The van der Waals surface area contributed by atoms with E-state index in [1.165, 1.54) is 0 Å². The molecule has 4 nitrogen and oxygen atoms in total. The van der Waals surface area contributed by atoms with Gasteiger partial charge < -0.3 is 5.11 Å². The Morgan fingerprint density at radius 1 is 1.30 bits per heavy atom. The Labute approximate surface area is 122 Å². The lowest BCUT2D eigenvalue weighted by Crippen LogP contribution is -2.38. The summed E-state index contributed by atoms with van der Waals surface area (Å²) < 4.78 is 1.96. The van der Waals surface area contributed by atoms with Gasteiger partial charge in [0.2, 0.25) is 0 Å². The maximum atomic E-state index is 10.8. The van der Waals surface area contributed by atoms with E-state index < -0.39 is 5.60 Å². The van der Waals surface area contributed by atoms with E-state index in [1.807, 2.05) is 4.68 Å². The smallest absolute Gasteiger partial charge is 0.138 e. The van der Waals surface area contributed by atoms with E-state index >= 15 is 0 Å². The highest BCUT2D eigenvalue weighted by atomic mass is 16.3. The fourth-order valence-electron chi connectivity index (χ4n) is 3.24. The maximum absolute atomic E-state index is 10.8. The number of hydrogen-bond donors (Lipinski definition) is 1. The fourth-order valence-corrected chi connectivity index (χ4v) is 3.24. The monoisotopic (exact) mass is 279 g/mol. The van der Waals surface area contributed by atoms with Crippen molar-refractivity contribution in [3.05, 3.63) is 12.2 Å². The molecular formula is C16H29N3O. The molecule has 2 rings (SSSR count). The van der Waals surface area contributed by atoms with Gasteiger partial charge in [-0.15, -0.1) is 0 Å². The van der Waals surface area contributed by atoms with Crippen LogP contribution in [0.15, 0.2) is 6.33 Å². The largest absolute Gasteiger partial charge is 0.389 e. The van der Waals surface area contributed by atoms with Gasteiger partial charge in [-0.25, -0.2) is 9.67 Å². The van der Waals surface area contributed by atoms with Gasteiger partial charge in [-0.05, 0) is 43.4 Å². The van der Waals surface area contributed by atoms with Crippen molar-refractivity contribution < 1.29 is 5.11 Å². The molecule has 0 unspecified atom stereocenters. The van der Waals surface area contributed by atoms with E-state index in [0.717, 1.165) is 49.9 Å². The lowest BCUT2D eigenvalue weighted by atomic mass is 9.73. The Bertz CT molecular complexity index is 417. The van der Waals surface area contributed by atoms with Crippen molar-refractivity contribution in [1.29, 1.82) is 0 Å². The third-order valence-electron chi connectivity index (χ3n) is 4.62. The molecule has 114 valence electrons. The van der Waals surface area contributed by atoms with Gasteiger partial charge in [-0.3, -0.25) is 0 Å². The summed E-state index contributed by atoms with van der Waals surface area (Å²) in [6, 6.07) is 0. The molecule has 0 bridgehead atoms. The number of aromatic nitrogens is 3. The van der Waals surface area contributed by atoms with Gasteiger partial charge in [0.05, 0.1) is 5.60 Å². The zero-order chi connectivity index (χ0) is 14.8. The maximum Gasteiger partial charge on any atom is 0.138 e. The predicted octanol–water partition coefficient (Wildman–Crippen LogP) is 3.05. The molecule has 1 N–H and O–H groups in total. The normalized spacial score (nSPS) is 27.4. The molecule has 4 heteroatoms. The van der Waals surface area contributed by atoms with Crippen molar-refractivity contribution in [3.8, 4) is 0 Å². The molecule has 1 aromatic heterocycles. The van der Waals surface area contributed by atoms with Gasteiger partial charge in [0.25, 0.3) is 0 Å². The van der Waals surface area contributed by atoms with E-state index in [1.54, 1.807) is 6.33 Å². The molecule has 1 saturated carbocycles. The van der Waals surface area contributed by atoms with Crippen molar-refractivity contribution in [1.82, 2.24) is 14.8 Å². The van der Waals surface area contributed by atoms with E-state index in [9.17, 15) is 5.11 Å². The molecule has 0 radical (unpaired) electrons. The Kier molecular flexibility index (Phi) is 4.84. The fraction of sp³-hybridized carbons (Fsp3) is 0.875. The molecule has 0 aromatic carbocycles. The van der Waals surface area contributed by atoms with Crippen LogP contribution in [0.1, 0.15) is 59.2 Å². The minimum atomic E-state index is -0.576. The highest BCUT2D eigenvalue weighted by Crippen LogP contribution is 2.37. The van der Waals surface area contributed by atoms with E-state index in [-0.39, 0.29) is 0 Å². The Morgan fingerprint density at radius 2 is 1.95 bits per heavy atom. The van der Waals surface area contributed by atoms with E-state index in [2.05, 4.69) is 37.8 Å². The molecule has 1 aliphatic rings. The van der Waals surface area contributed by atoms with Crippen LogP contribution < -0.4 is 0 Å². The summed E-state index contributed by atoms with van der Waals surface area (Å²) in [5, 5.41) is 15.1. The van der Waals surface area contributed by atoms with Gasteiger partial charge >= 0.3 is 0 Å². The molecule has 0 atom stereocenters. The molecule has 1 heterocycles. The summed E-state index contributed by atoms with van der Waals surface area (Å²) in [5.41, 5.74) is -0.576. The molecular weight excluding hydrogens is 250 g/mol. The summed E-state index contributed by atoms with van der Waals surface area (Å²) in [7, 11) is 0. The average Bonchev–Trinajstić information content (AvgIpc) is 2.75. The second-order valence-corrected chi connectivity index (χ2v) is 7.23. The number of aliphatic hydroxyl groups is 1. The minimum Gasteiger partial charge on any atom is -0.389 e. The van der Waals surface area contributed by atoms with Crippen molar-refractivity contribution >= 4 is 0 Å². The summed E-state index contributed by atoms with van der Waals surface area (Å²) in [6.45, 7) is 9.80. The van der Waals surface area contributed by atoms with Crippen molar-refractivity contribution in [2.75, 3.05) is 0 Å². The zero-order valence-electron chi connectivity index (χ0n) is 13.3. The lowest BCUT2D eigenvalue weighted by Gasteiger charge is -2.37. The van der Waals surface area contributed by atoms with Gasteiger partial charge in [-0.2, -0.15) is 5.10 Å². The molecule has 20 heavy (non-hydrogen) atoms. The molecule has 0 aliphatic heterocycles. The standard InChI is InChI=1S/C16H29N3O/c1-12(2)10-19-15(17-11-18-19)9-16(20)7-5-14(6-8-16)13(3)4/h11-14,20H,5-10H2,1-4H3. The lowest BCUT2D eigenvalue weighted by molar-refractivity contribution is -0.0170. The first-order valence-electron chi connectivity index (χ1n) is 7.99. The third-order valence-corrected chi connectivity index (χ3v) is 4.62. The van der Waals surface area contributed by atoms with Crippen molar-refractivity contribution in [2.24, 2.45) is 17.8 Å². The predicted molar refractivity (Wildman–Crippen MR) is 80.3 cm³/mol. The van der Waals surface area contributed by atoms with Crippen LogP contribution in [0.5, 0.6) is 0 Å². The van der Waals surface area contributed by atoms with Crippen molar-refractivity contribution in [2.45, 2.75) is 71.9 Å². The quantitative estimate of drug-likeness (QED) is 0.901.